The molecule has 142 valence electrons. The number of amides is 1. The SMILES string of the molecule is CCc1nnc(NC(=O)CSc2nnc(CNc3cccc(Cl)c3)n2C)s1. The smallest absolute Gasteiger partial charge is 0.236 e. The average molecular weight is 424 g/mol. The highest BCUT2D eigenvalue weighted by Crippen LogP contribution is 2.20. The van der Waals surface area contributed by atoms with Crippen molar-refractivity contribution in [2.24, 2.45) is 7.05 Å². The van der Waals surface area contributed by atoms with Crippen molar-refractivity contribution in [2.75, 3.05) is 16.4 Å². The maximum atomic E-state index is 12.1. The molecule has 0 saturated heterocycles. The molecule has 2 heterocycles. The van der Waals surface area contributed by atoms with Crippen molar-refractivity contribution in [2.45, 2.75) is 25.0 Å². The van der Waals surface area contributed by atoms with Gasteiger partial charge in [-0.3, -0.25) is 10.1 Å². The number of hydrogen-bond acceptors (Lipinski definition) is 8. The fourth-order valence-corrected chi connectivity index (χ4v) is 3.75. The molecule has 2 aromatic heterocycles. The maximum Gasteiger partial charge on any atom is 0.236 e. The second kappa shape index (κ2) is 9.16. The largest absolute Gasteiger partial charge is 0.378 e. The van der Waals surface area contributed by atoms with E-state index >= 15 is 0 Å². The van der Waals surface area contributed by atoms with Gasteiger partial charge in [0.1, 0.15) is 5.01 Å². The lowest BCUT2D eigenvalue weighted by molar-refractivity contribution is -0.113. The summed E-state index contributed by atoms with van der Waals surface area (Å²) < 4.78 is 1.86. The number of hydrogen-bond donors (Lipinski definition) is 2. The molecule has 0 atom stereocenters. The van der Waals surface area contributed by atoms with Gasteiger partial charge in [-0.15, -0.1) is 20.4 Å². The summed E-state index contributed by atoms with van der Waals surface area (Å²) in [4.78, 5) is 12.1. The van der Waals surface area contributed by atoms with Crippen molar-refractivity contribution in [3.8, 4) is 0 Å². The number of aromatic nitrogens is 5. The zero-order valence-electron chi connectivity index (χ0n) is 14.8. The number of thioether (sulfide) groups is 1. The Balaban J connectivity index is 1.51. The number of nitrogens with one attached hydrogen (secondary N) is 2. The summed E-state index contributed by atoms with van der Waals surface area (Å²) in [6.07, 6.45) is 0.799. The lowest BCUT2D eigenvalue weighted by Gasteiger charge is -2.07. The van der Waals surface area contributed by atoms with Crippen molar-refractivity contribution in [1.82, 2.24) is 25.0 Å². The normalized spacial score (nSPS) is 10.8. The second-order valence-corrected chi connectivity index (χ2v) is 7.95. The topological polar surface area (TPSA) is 97.6 Å². The molecular weight excluding hydrogens is 406 g/mol. The fraction of sp³-hybridized carbons (Fsp3) is 0.312. The molecule has 0 aliphatic rings. The molecule has 27 heavy (non-hydrogen) atoms. The monoisotopic (exact) mass is 423 g/mol. The van der Waals surface area contributed by atoms with Crippen LogP contribution in [0.25, 0.3) is 0 Å². The first-order valence-electron chi connectivity index (χ1n) is 8.18. The summed E-state index contributed by atoms with van der Waals surface area (Å²) in [5.74, 6) is 0.823. The van der Waals surface area contributed by atoms with E-state index in [1.807, 2.05) is 42.8 Å². The van der Waals surface area contributed by atoms with Gasteiger partial charge in [-0.05, 0) is 24.6 Å². The summed E-state index contributed by atoms with van der Waals surface area (Å²) in [5, 5.41) is 25.0. The molecule has 0 aliphatic heterocycles. The van der Waals surface area contributed by atoms with Crippen LogP contribution in [-0.2, 0) is 24.8 Å². The molecule has 8 nitrogen and oxygen atoms in total. The number of nitrogens with zero attached hydrogens (tertiary/aromatic N) is 5. The van der Waals surface area contributed by atoms with Gasteiger partial charge in [0.2, 0.25) is 11.0 Å². The number of carbonyl (C=O) groups is 1. The van der Waals surface area contributed by atoms with Crippen LogP contribution in [0.4, 0.5) is 10.8 Å². The molecule has 0 unspecified atom stereocenters. The maximum absolute atomic E-state index is 12.1. The predicted molar refractivity (Wildman–Crippen MR) is 108 cm³/mol. The number of halogens is 1. The van der Waals surface area contributed by atoms with Crippen molar-refractivity contribution >= 4 is 51.4 Å². The summed E-state index contributed by atoms with van der Waals surface area (Å²) in [6.45, 7) is 2.50. The fourth-order valence-electron chi connectivity index (χ4n) is 2.14. The average Bonchev–Trinajstić information content (AvgIpc) is 3.25. The number of carbonyl (C=O) groups excluding carboxylic acids is 1. The molecule has 0 fully saturated rings. The zero-order valence-corrected chi connectivity index (χ0v) is 17.2. The van der Waals surface area contributed by atoms with Crippen LogP contribution >= 0.6 is 34.7 Å². The van der Waals surface area contributed by atoms with E-state index in [1.165, 1.54) is 23.1 Å². The summed E-state index contributed by atoms with van der Waals surface area (Å²) in [6, 6.07) is 7.47. The second-order valence-electron chi connectivity index (χ2n) is 5.51. The van der Waals surface area contributed by atoms with Crippen LogP contribution in [-0.4, -0.2) is 36.6 Å². The molecule has 3 aromatic rings. The Kier molecular flexibility index (Phi) is 6.64. The number of benzene rings is 1. The predicted octanol–water partition coefficient (Wildman–Crippen LogP) is 3.23. The van der Waals surface area contributed by atoms with Gasteiger partial charge in [-0.25, -0.2) is 0 Å². The third-order valence-electron chi connectivity index (χ3n) is 3.55. The van der Waals surface area contributed by atoms with E-state index < -0.39 is 0 Å². The Labute approximate surface area is 169 Å². The van der Waals surface area contributed by atoms with Gasteiger partial charge < -0.3 is 9.88 Å². The van der Waals surface area contributed by atoms with Crippen molar-refractivity contribution < 1.29 is 4.79 Å². The minimum absolute atomic E-state index is 0.152. The first kappa shape index (κ1) is 19.6. The van der Waals surface area contributed by atoms with Gasteiger partial charge in [0.15, 0.2) is 11.0 Å². The molecule has 11 heteroatoms. The lowest BCUT2D eigenvalue weighted by atomic mass is 10.3. The quantitative estimate of drug-likeness (QED) is 0.536. The Morgan fingerprint density at radius 2 is 2.15 bits per heavy atom. The Morgan fingerprint density at radius 3 is 2.89 bits per heavy atom. The molecule has 0 aliphatic carbocycles. The number of anilines is 2. The van der Waals surface area contributed by atoms with Crippen LogP contribution in [0.5, 0.6) is 0 Å². The molecule has 1 amide bonds. The molecule has 0 bridgehead atoms. The molecular formula is C16H18ClN7OS2. The van der Waals surface area contributed by atoms with Gasteiger partial charge in [0, 0.05) is 17.8 Å². The van der Waals surface area contributed by atoms with Gasteiger partial charge in [0.25, 0.3) is 0 Å². The third kappa shape index (κ3) is 5.41. The van der Waals surface area contributed by atoms with Gasteiger partial charge >= 0.3 is 0 Å². The molecule has 2 N–H and O–H groups in total. The van der Waals surface area contributed by atoms with E-state index in [2.05, 4.69) is 31.0 Å². The first-order valence-corrected chi connectivity index (χ1v) is 10.4. The highest BCUT2D eigenvalue weighted by atomic mass is 35.5. The van der Waals surface area contributed by atoms with E-state index in [1.54, 1.807) is 0 Å². The molecule has 1 aromatic carbocycles. The minimum atomic E-state index is -0.152. The summed E-state index contributed by atoms with van der Waals surface area (Å²) >= 11 is 8.68. The Bertz CT molecular complexity index is 927. The van der Waals surface area contributed by atoms with Gasteiger partial charge in [-0.2, -0.15) is 0 Å². The van der Waals surface area contributed by atoms with Crippen LogP contribution in [0.3, 0.4) is 0 Å². The molecule has 0 radical (unpaired) electrons. The van der Waals surface area contributed by atoms with Crippen LogP contribution < -0.4 is 10.6 Å². The molecule has 0 spiro atoms. The highest BCUT2D eigenvalue weighted by molar-refractivity contribution is 7.99. The van der Waals surface area contributed by atoms with Crippen LogP contribution in [0, 0.1) is 0 Å². The van der Waals surface area contributed by atoms with Crippen LogP contribution in [0.1, 0.15) is 17.8 Å². The van der Waals surface area contributed by atoms with E-state index in [0.717, 1.165) is 22.9 Å². The standard InChI is InChI=1S/C16H18ClN7OS2/c1-3-14-21-22-15(27-14)19-13(25)9-26-16-23-20-12(24(16)2)8-18-11-6-4-5-10(17)7-11/h4-7,18H,3,8-9H2,1-2H3,(H,19,22,25). The highest BCUT2D eigenvalue weighted by Gasteiger charge is 2.13. The summed E-state index contributed by atoms with van der Waals surface area (Å²) in [5.41, 5.74) is 0.905. The Morgan fingerprint density at radius 1 is 1.30 bits per heavy atom. The number of rotatable bonds is 8. The van der Waals surface area contributed by atoms with Gasteiger partial charge in [-0.1, -0.05) is 47.7 Å². The molecule has 3 rings (SSSR count). The van der Waals surface area contributed by atoms with E-state index in [0.29, 0.717) is 21.9 Å². The van der Waals surface area contributed by atoms with E-state index in [9.17, 15) is 4.79 Å². The lowest BCUT2D eigenvalue weighted by Crippen LogP contribution is -2.14. The van der Waals surface area contributed by atoms with Crippen molar-refractivity contribution in [1.29, 1.82) is 0 Å². The van der Waals surface area contributed by atoms with Crippen molar-refractivity contribution in [3.63, 3.8) is 0 Å². The van der Waals surface area contributed by atoms with Gasteiger partial charge in [0.05, 0.1) is 12.3 Å². The van der Waals surface area contributed by atoms with E-state index in [-0.39, 0.29) is 11.7 Å². The Hall–Kier alpha value is -2.17. The van der Waals surface area contributed by atoms with E-state index in [4.69, 9.17) is 11.6 Å². The minimum Gasteiger partial charge on any atom is -0.378 e. The zero-order chi connectivity index (χ0) is 19.2. The molecule has 0 saturated carbocycles. The number of aryl methyl sites for hydroxylation is 1. The summed E-state index contributed by atoms with van der Waals surface area (Å²) in [7, 11) is 1.87. The van der Waals surface area contributed by atoms with Crippen LogP contribution in [0.15, 0.2) is 29.4 Å². The van der Waals surface area contributed by atoms with Crippen LogP contribution in [0.2, 0.25) is 5.02 Å². The third-order valence-corrected chi connectivity index (χ3v) is 5.79. The first-order chi connectivity index (χ1) is 13.0. The van der Waals surface area contributed by atoms with Crippen molar-refractivity contribution in [3.05, 3.63) is 40.1 Å².